The second kappa shape index (κ2) is 32.2. The molecular formula is C58H81N12O25S+. The minimum absolute atomic E-state index is 0.0613. The summed E-state index contributed by atoms with van der Waals surface area (Å²) in [6.07, 6.45) is -31.1. The molecule has 6 aliphatic rings. The van der Waals surface area contributed by atoms with Gasteiger partial charge in [-0.05, 0) is 40.8 Å². The summed E-state index contributed by atoms with van der Waals surface area (Å²) in [5.74, 6) is -8.81. The number of carbonyl (C=O) groups excluding carboxylic acids is 6. The fourth-order valence-corrected chi connectivity index (χ4v) is 12.3. The normalized spacial score (nSPS) is 36.2. The summed E-state index contributed by atoms with van der Waals surface area (Å²) in [5, 5.41) is 165. The van der Waals surface area contributed by atoms with Crippen LogP contribution in [-0.2, 0) is 54.1 Å². The zero-order valence-corrected chi connectivity index (χ0v) is 52.0. The van der Waals surface area contributed by atoms with Crippen LogP contribution in [0.4, 0.5) is 0 Å². The first kappa shape index (κ1) is 72.7. The number of benzene rings is 2. The highest BCUT2D eigenvalue weighted by Gasteiger charge is 2.55. The van der Waals surface area contributed by atoms with Gasteiger partial charge in [-0.1, -0.05) is 49.4 Å². The summed E-state index contributed by atoms with van der Waals surface area (Å²) in [6.45, 7) is -3.21. The molecular weight excluding hydrogens is 1300 g/mol. The van der Waals surface area contributed by atoms with Gasteiger partial charge in [0.25, 0.3) is 0 Å². The fourth-order valence-electron chi connectivity index (χ4n) is 11.8. The number of nitrogens with two attached hydrogens (primary N) is 2. The Morgan fingerprint density at radius 1 is 0.604 bits per heavy atom. The van der Waals surface area contributed by atoms with Crippen molar-refractivity contribution in [2.45, 2.75) is 166 Å². The number of aliphatic hydroxyl groups is 13. The first-order valence-electron chi connectivity index (χ1n) is 30.5. The molecule has 96 heavy (non-hydrogen) atoms. The topological polar surface area (TPSA) is 584 Å². The summed E-state index contributed by atoms with van der Waals surface area (Å²) >= 11 is 1.24. The van der Waals surface area contributed by atoms with E-state index in [1.807, 2.05) is 0 Å². The molecule has 3 aromatic rings. The van der Waals surface area contributed by atoms with Gasteiger partial charge in [0.05, 0.1) is 32.4 Å². The standard InChI is InChI=1S/C58H80N12O25S/c1-22(24-6-3-2-4-7-24)35-51(87)64-26(14-23-9-11-25(12-10-23)91-55-47(84)44(81)48(31(20-73)93-55)95-56-46(83)43(80)41(78)32(94-56)21-90-34-8-5-13-96-34)50(86)68-36(38(75)27-15-62-57(59)66-27)53(89)69-37(52(88)65-28(18-71)49(85)61-17-33(74)67-35)39(76)29-16-63-58(60)70(29)54-45(82)42(79)40(77)30(19-72)92-54/h2-13,22,26-32,35-48,54-56,71-73,75-84H,14-21H2,1H3,(H11,59,60,61,62,63,64,65,66,67,68,69,74,85,86,87,88,89)/p+1/t22-,26-,27+,28?,29+,30+,31-,32+,35-,36+,37-,38-,39-,40+,41+,42+,43+,44+,45+,46+,47-,48-,54-,55+,56+/m1/s1. The lowest BCUT2D eigenvalue weighted by Crippen LogP contribution is -2.68. The summed E-state index contributed by atoms with van der Waals surface area (Å²) in [5.41, 5.74) is 12.9. The lowest BCUT2D eigenvalue weighted by atomic mass is 9.92. The molecule has 0 aliphatic carbocycles. The largest absolute Gasteiger partial charge is 0.481 e. The molecule has 0 radical (unpaired) electrons. The van der Waals surface area contributed by atoms with Crippen LogP contribution >= 0.6 is 11.3 Å². The van der Waals surface area contributed by atoms with Crippen LogP contribution in [0.3, 0.4) is 0 Å². The van der Waals surface area contributed by atoms with Gasteiger partial charge in [0.15, 0.2) is 17.3 Å². The molecule has 1 aromatic heterocycles. The molecule has 37 nitrogen and oxygen atoms in total. The molecule has 0 saturated carbocycles. The van der Waals surface area contributed by atoms with E-state index >= 15 is 9.59 Å². The van der Waals surface area contributed by atoms with Crippen LogP contribution in [0.25, 0.3) is 0 Å². The molecule has 9 rings (SSSR count). The van der Waals surface area contributed by atoms with Gasteiger partial charge in [-0.3, -0.25) is 39.8 Å². The Morgan fingerprint density at radius 3 is 1.89 bits per heavy atom. The summed E-state index contributed by atoms with van der Waals surface area (Å²) in [7, 11) is 0. The highest BCUT2D eigenvalue weighted by Crippen LogP contribution is 2.32. The first-order valence-corrected chi connectivity index (χ1v) is 31.4. The maximum atomic E-state index is 15.2. The number of rotatable bonds is 19. The van der Waals surface area contributed by atoms with Crippen molar-refractivity contribution in [3.05, 3.63) is 83.2 Å². The summed E-state index contributed by atoms with van der Waals surface area (Å²) < 4.78 is 35.6. The molecule has 25 N–H and O–H groups in total. The number of hydrogen-bond acceptors (Lipinski definition) is 31. The van der Waals surface area contributed by atoms with Crippen LogP contribution in [0, 0.1) is 0 Å². The van der Waals surface area contributed by atoms with E-state index in [1.54, 1.807) is 54.8 Å². The van der Waals surface area contributed by atoms with E-state index in [0.29, 0.717) is 10.6 Å². The fraction of sp³-hybridized carbons (Fsp3) is 0.586. The maximum Gasteiger partial charge on any atom is 0.346 e. The van der Waals surface area contributed by atoms with Crippen molar-refractivity contribution in [2.24, 2.45) is 16.5 Å². The highest BCUT2D eigenvalue weighted by atomic mass is 32.1. The quantitative estimate of drug-likeness (QED) is 0.0496. The van der Waals surface area contributed by atoms with Crippen molar-refractivity contribution in [2.75, 3.05) is 46.1 Å². The Bertz CT molecular complexity index is 3220. The lowest BCUT2D eigenvalue weighted by Gasteiger charge is -2.46. The molecule has 2 aromatic carbocycles. The molecule has 0 spiro atoms. The van der Waals surface area contributed by atoms with Crippen LogP contribution in [0.2, 0.25) is 0 Å². The third kappa shape index (κ3) is 16.5. The zero-order valence-electron chi connectivity index (χ0n) is 51.2. The molecule has 6 aliphatic heterocycles. The van der Waals surface area contributed by atoms with Crippen LogP contribution in [0.15, 0.2) is 77.1 Å². The predicted molar refractivity (Wildman–Crippen MR) is 325 cm³/mol. The van der Waals surface area contributed by atoms with Crippen molar-refractivity contribution >= 4 is 58.7 Å². The minimum atomic E-state index is -2.33. The number of hydrogen-bond donors (Lipinski definition) is 23. The van der Waals surface area contributed by atoms with Crippen molar-refractivity contribution < 1.29 is 128 Å². The zero-order chi connectivity index (χ0) is 69.4. The average Bonchev–Trinajstić information content (AvgIpc) is 1.59. The molecule has 0 bridgehead atoms. The van der Waals surface area contributed by atoms with E-state index in [0.717, 1.165) is 4.58 Å². The van der Waals surface area contributed by atoms with Gasteiger partial charge in [0.2, 0.25) is 48.0 Å². The average molecular weight is 1380 g/mol. The molecule has 4 saturated heterocycles. The highest BCUT2D eigenvalue weighted by molar-refractivity contribution is 7.11. The molecule has 4 fully saturated rings. The maximum absolute atomic E-state index is 15.2. The third-order valence-electron chi connectivity index (χ3n) is 17.3. The number of aliphatic imine (C=N–C) groups is 1. The van der Waals surface area contributed by atoms with E-state index in [2.05, 4.69) is 47.5 Å². The van der Waals surface area contributed by atoms with Crippen molar-refractivity contribution in [1.82, 2.24) is 42.5 Å². The predicted octanol–water partition coefficient (Wildman–Crippen LogP) is -12.2. The number of nitrogens with zero attached hydrogens (tertiary/aromatic N) is 2. The number of aliphatic hydroxyl groups excluding tert-OH is 13. The van der Waals surface area contributed by atoms with Crippen LogP contribution in [0.1, 0.15) is 24.0 Å². The Hall–Kier alpha value is -7.58. The van der Waals surface area contributed by atoms with Crippen LogP contribution in [0.5, 0.6) is 10.8 Å². The van der Waals surface area contributed by atoms with Crippen LogP contribution in [-0.4, -0.2) is 311 Å². The number of thiophene rings is 1. The van der Waals surface area contributed by atoms with E-state index in [-0.39, 0.29) is 36.4 Å². The van der Waals surface area contributed by atoms with Crippen LogP contribution < -0.4 is 63.5 Å². The second-order valence-electron chi connectivity index (χ2n) is 23.7. The van der Waals surface area contributed by atoms with Crippen molar-refractivity contribution in [3.63, 3.8) is 0 Å². The molecule has 6 amide bonds. The smallest absolute Gasteiger partial charge is 0.346 e. The minimum Gasteiger partial charge on any atom is -0.481 e. The summed E-state index contributed by atoms with van der Waals surface area (Å²) in [4.78, 5) is 91.5. The van der Waals surface area contributed by atoms with E-state index in [4.69, 9.17) is 39.9 Å². The molecule has 7 heterocycles. The van der Waals surface area contributed by atoms with Gasteiger partial charge < -0.3 is 138 Å². The second-order valence-corrected chi connectivity index (χ2v) is 24.6. The van der Waals surface area contributed by atoms with E-state index < -0.39 is 227 Å². The number of amides is 6. The van der Waals surface area contributed by atoms with Gasteiger partial charge in [-0.25, -0.2) is 9.57 Å². The lowest BCUT2D eigenvalue weighted by molar-refractivity contribution is -0.663. The van der Waals surface area contributed by atoms with Crippen molar-refractivity contribution in [1.29, 1.82) is 0 Å². The van der Waals surface area contributed by atoms with E-state index in [1.165, 1.54) is 35.6 Å². The molecule has 528 valence electrons. The number of guanidine groups is 2. The number of ether oxygens (including phenoxy) is 6. The SMILES string of the molecule is C[C@H](c1ccccc1)[C@H]1NC(=O)CNC(=O)C(CO)NC(=O)[C@@H]([C@H](O)[C@@H]2CNC(N)=[N+]2[C@@H]2O[C@@H](CO)[C@H](O)[C@H](O)[C@@H]2O)NC(=O)[C@H]([C@H](O)[C@@H]2CNC(N)=N2)NC(=O)[C@@H](Cc2ccc(O[C@H]3O[C@H](CO)[C@@H](O[C@@H]4O[C@@H](COc5cccs5)[C@H](O)[C@H](O)[C@@H]4O)[C@@H](O)[C@H]3O)cc2)NC1=O. The molecule has 25 atom stereocenters. The Balaban J connectivity index is 0.999. The van der Waals surface area contributed by atoms with Crippen molar-refractivity contribution in [3.8, 4) is 10.8 Å². The van der Waals surface area contributed by atoms with E-state index in [9.17, 15) is 85.6 Å². The van der Waals surface area contributed by atoms with Gasteiger partial charge in [0.1, 0.15) is 141 Å². The van der Waals surface area contributed by atoms with Gasteiger partial charge in [-0.2, -0.15) is 0 Å². The third-order valence-corrected chi connectivity index (χ3v) is 18.1. The molecule has 1 unspecified atom stereocenters. The van der Waals surface area contributed by atoms with Gasteiger partial charge in [0, 0.05) is 18.9 Å². The van der Waals surface area contributed by atoms with Gasteiger partial charge in [-0.15, -0.1) is 11.3 Å². The Labute approximate surface area is 550 Å². The first-order chi connectivity index (χ1) is 45.8. The Kier molecular flexibility index (Phi) is 24.4. The summed E-state index contributed by atoms with van der Waals surface area (Å²) in [6, 6.07) is 4.29. The molecule has 38 heteroatoms. The Morgan fingerprint density at radius 2 is 1.23 bits per heavy atom. The monoisotopic (exact) mass is 1380 g/mol. The number of carbonyl (C=O) groups is 6. The number of nitrogens with one attached hydrogen (secondary N) is 8. The van der Waals surface area contributed by atoms with Gasteiger partial charge >= 0.3 is 5.96 Å².